The molecule has 2 aromatic carbocycles. The first-order valence-corrected chi connectivity index (χ1v) is 10.0. The number of anilines is 1. The Morgan fingerprint density at radius 3 is 2.55 bits per heavy atom. The molecule has 29 heavy (non-hydrogen) atoms. The molecule has 6 heteroatoms. The summed E-state index contributed by atoms with van der Waals surface area (Å²) in [6.07, 6.45) is 0. The highest BCUT2D eigenvalue weighted by Crippen LogP contribution is 2.35. The Morgan fingerprint density at radius 1 is 1.10 bits per heavy atom. The van der Waals surface area contributed by atoms with Gasteiger partial charge >= 0.3 is 0 Å². The molecule has 2 amide bonds. The highest BCUT2D eigenvalue weighted by atomic mass is 16.5. The summed E-state index contributed by atoms with van der Waals surface area (Å²) in [4.78, 5) is 30.0. The minimum Gasteiger partial charge on any atom is -0.466 e. The molecular weight excluding hydrogens is 366 g/mol. The number of aryl methyl sites for hydroxylation is 2. The van der Waals surface area contributed by atoms with E-state index in [2.05, 4.69) is 35.3 Å². The molecule has 2 heterocycles. The van der Waals surface area contributed by atoms with E-state index < -0.39 is 11.5 Å². The topological polar surface area (TPSA) is 61.9 Å². The van der Waals surface area contributed by atoms with Gasteiger partial charge in [0.15, 0.2) is 0 Å². The van der Waals surface area contributed by atoms with Crippen molar-refractivity contribution in [1.82, 2.24) is 9.80 Å². The van der Waals surface area contributed by atoms with Gasteiger partial charge in [-0.3, -0.25) is 14.5 Å². The number of nitrogens with one attached hydrogen (secondary N) is 1. The van der Waals surface area contributed by atoms with Crippen molar-refractivity contribution in [1.29, 1.82) is 0 Å². The molecule has 0 radical (unpaired) electrons. The van der Waals surface area contributed by atoms with E-state index in [4.69, 9.17) is 4.74 Å². The molecule has 2 aliphatic rings. The highest BCUT2D eigenvalue weighted by molar-refractivity contribution is 6.15. The van der Waals surface area contributed by atoms with E-state index in [1.54, 1.807) is 17.9 Å². The zero-order valence-electron chi connectivity index (χ0n) is 17.2. The lowest BCUT2D eigenvalue weighted by atomic mass is 9.99. The maximum absolute atomic E-state index is 13.2. The smallest absolute Gasteiger partial charge is 0.278 e. The summed E-state index contributed by atoms with van der Waals surface area (Å²) < 4.78 is 5.92. The van der Waals surface area contributed by atoms with Crippen LogP contribution in [0.2, 0.25) is 0 Å². The Morgan fingerprint density at radius 2 is 1.83 bits per heavy atom. The number of benzene rings is 2. The van der Waals surface area contributed by atoms with E-state index in [1.807, 2.05) is 25.1 Å². The van der Waals surface area contributed by atoms with Crippen molar-refractivity contribution in [3.8, 4) is 5.75 Å². The van der Waals surface area contributed by atoms with E-state index in [9.17, 15) is 9.59 Å². The minimum absolute atomic E-state index is 0.281. The van der Waals surface area contributed by atoms with Crippen LogP contribution in [0.1, 0.15) is 23.6 Å². The molecule has 1 N–H and O–H groups in total. The second kappa shape index (κ2) is 7.52. The quantitative estimate of drug-likeness (QED) is 0.815. The summed E-state index contributed by atoms with van der Waals surface area (Å²) in [6.45, 7) is 9.20. The standard InChI is InChI=1S/C23H27N3O3/c1-16-8-9-20-19(14-16)24-21(27)23(3,29-20)22(28)26-12-10-25(11-13-26)15-18-7-5-4-6-17(18)2/h4-9,14H,10-13,15H2,1-3H3,(H,24,27). The van der Waals surface area contributed by atoms with Crippen molar-refractivity contribution in [3.63, 3.8) is 0 Å². The number of carbonyl (C=O) groups is 2. The van der Waals surface area contributed by atoms with Gasteiger partial charge in [0.25, 0.3) is 17.4 Å². The number of nitrogens with zero attached hydrogens (tertiary/aromatic N) is 2. The summed E-state index contributed by atoms with van der Waals surface area (Å²) in [6, 6.07) is 13.9. The van der Waals surface area contributed by atoms with Gasteiger partial charge in [-0.05, 0) is 49.6 Å². The summed E-state index contributed by atoms with van der Waals surface area (Å²) in [7, 11) is 0. The lowest BCUT2D eigenvalue weighted by Crippen LogP contribution is -2.62. The molecule has 0 bridgehead atoms. The number of hydrogen-bond acceptors (Lipinski definition) is 4. The summed E-state index contributed by atoms with van der Waals surface area (Å²) in [5.41, 5.74) is 2.68. The van der Waals surface area contributed by atoms with Crippen molar-refractivity contribution < 1.29 is 14.3 Å². The third-order valence-corrected chi connectivity index (χ3v) is 5.85. The first-order valence-electron chi connectivity index (χ1n) is 10.0. The Labute approximate surface area is 171 Å². The molecule has 1 saturated heterocycles. The van der Waals surface area contributed by atoms with Gasteiger partial charge in [0.2, 0.25) is 0 Å². The van der Waals surface area contributed by atoms with Crippen LogP contribution in [0.3, 0.4) is 0 Å². The van der Waals surface area contributed by atoms with Crippen LogP contribution in [0.5, 0.6) is 5.75 Å². The Balaban J connectivity index is 1.42. The third kappa shape index (κ3) is 3.72. The van der Waals surface area contributed by atoms with E-state index in [1.165, 1.54) is 11.1 Å². The van der Waals surface area contributed by atoms with Crippen LogP contribution in [0.4, 0.5) is 5.69 Å². The van der Waals surface area contributed by atoms with Gasteiger partial charge in [-0.25, -0.2) is 0 Å². The number of rotatable bonds is 3. The van der Waals surface area contributed by atoms with Gasteiger partial charge in [0.05, 0.1) is 5.69 Å². The number of ether oxygens (including phenoxy) is 1. The first kappa shape index (κ1) is 19.5. The molecule has 0 aromatic heterocycles. The molecule has 152 valence electrons. The number of carbonyl (C=O) groups excluding carboxylic acids is 2. The molecule has 2 aliphatic heterocycles. The van der Waals surface area contributed by atoms with E-state index in [0.717, 1.165) is 25.2 Å². The van der Waals surface area contributed by atoms with Crippen molar-refractivity contribution in [3.05, 3.63) is 59.2 Å². The number of piperazine rings is 1. The summed E-state index contributed by atoms with van der Waals surface area (Å²) in [5, 5.41) is 2.84. The largest absolute Gasteiger partial charge is 0.466 e. The molecule has 0 spiro atoms. The third-order valence-electron chi connectivity index (χ3n) is 5.85. The SMILES string of the molecule is Cc1ccc2c(c1)NC(=O)C(C)(C(=O)N1CCN(Cc3ccccc3C)CC1)O2. The lowest BCUT2D eigenvalue weighted by Gasteiger charge is -2.40. The normalized spacial score (nSPS) is 21.9. The molecule has 0 saturated carbocycles. The molecule has 4 rings (SSSR count). The number of hydrogen-bond donors (Lipinski definition) is 1. The van der Waals surface area contributed by atoms with Crippen LogP contribution in [0.15, 0.2) is 42.5 Å². The second-order valence-electron chi connectivity index (χ2n) is 8.08. The van der Waals surface area contributed by atoms with Crippen LogP contribution in [0.25, 0.3) is 0 Å². The van der Waals surface area contributed by atoms with Crippen LogP contribution < -0.4 is 10.1 Å². The summed E-state index contributed by atoms with van der Waals surface area (Å²) in [5.74, 6) is -0.163. The zero-order valence-corrected chi connectivity index (χ0v) is 17.2. The predicted octanol–water partition coefficient (Wildman–Crippen LogP) is 2.74. The van der Waals surface area contributed by atoms with E-state index in [0.29, 0.717) is 24.5 Å². The van der Waals surface area contributed by atoms with Gasteiger partial charge in [0.1, 0.15) is 5.75 Å². The van der Waals surface area contributed by atoms with Crippen molar-refractivity contribution in [2.75, 3.05) is 31.5 Å². The molecule has 1 unspecified atom stereocenters. The molecule has 1 atom stereocenters. The Bertz CT molecular complexity index is 950. The van der Waals surface area contributed by atoms with Crippen LogP contribution in [-0.2, 0) is 16.1 Å². The predicted molar refractivity (Wildman–Crippen MR) is 112 cm³/mol. The average molecular weight is 393 g/mol. The van der Waals surface area contributed by atoms with Gasteiger partial charge in [-0.2, -0.15) is 0 Å². The monoisotopic (exact) mass is 393 g/mol. The van der Waals surface area contributed by atoms with Crippen molar-refractivity contribution in [2.45, 2.75) is 32.9 Å². The molecule has 6 nitrogen and oxygen atoms in total. The highest BCUT2D eigenvalue weighted by Gasteiger charge is 2.49. The van der Waals surface area contributed by atoms with Crippen LogP contribution >= 0.6 is 0 Å². The fraction of sp³-hybridized carbons (Fsp3) is 0.391. The minimum atomic E-state index is -1.54. The Hall–Kier alpha value is -2.86. The second-order valence-corrected chi connectivity index (χ2v) is 8.08. The molecule has 2 aromatic rings. The van der Waals surface area contributed by atoms with Crippen LogP contribution in [0, 0.1) is 13.8 Å². The Kier molecular flexibility index (Phi) is 5.04. The van der Waals surface area contributed by atoms with Crippen molar-refractivity contribution >= 4 is 17.5 Å². The summed E-state index contributed by atoms with van der Waals surface area (Å²) >= 11 is 0. The van der Waals surface area contributed by atoms with Crippen molar-refractivity contribution in [2.24, 2.45) is 0 Å². The fourth-order valence-corrected chi connectivity index (χ4v) is 3.92. The van der Waals surface area contributed by atoms with Gasteiger partial charge in [-0.1, -0.05) is 30.3 Å². The fourth-order valence-electron chi connectivity index (χ4n) is 3.92. The van der Waals surface area contributed by atoms with Gasteiger partial charge < -0.3 is 15.0 Å². The molecule has 1 fully saturated rings. The van der Waals surface area contributed by atoms with Gasteiger partial charge in [-0.15, -0.1) is 0 Å². The number of amides is 2. The zero-order chi connectivity index (χ0) is 20.6. The van der Waals surface area contributed by atoms with E-state index in [-0.39, 0.29) is 5.91 Å². The lowest BCUT2D eigenvalue weighted by molar-refractivity contribution is -0.155. The van der Waals surface area contributed by atoms with Gasteiger partial charge in [0, 0.05) is 32.7 Å². The van der Waals surface area contributed by atoms with Crippen LogP contribution in [-0.4, -0.2) is 53.4 Å². The van der Waals surface area contributed by atoms with E-state index >= 15 is 0 Å². The average Bonchev–Trinajstić information content (AvgIpc) is 2.71. The first-order chi connectivity index (χ1) is 13.9. The maximum atomic E-state index is 13.2. The molecule has 0 aliphatic carbocycles. The molecular formula is C23H27N3O3. The number of fused-ring (bicyclic) bond motifs is 1. The maximum Gasteiger partial charge on any atom is 0.278 e.